The number of fused-ring (bicyclic) bond motifs is 6. The van der Waals surface area contributed by atoms with E-state index < -0.39 is 0 Å². The van der Waals surface area contributed by atoms with Crippen LogP contribution in [0.1, 0.15) is 126 Å². The van der Waals surface area contributed by atoms with Crippen LogP contribution in [0.5, 0.6) is 11.5 Å². The van der Waals surface area contributed by atoms with Crippen LogP contribution in [-0.4, -0.2) is 6.71 Å². The van der Waals surface area contributed by atoms with Gasteiger partial charge in [0, 0.05) is 22.2 Å². The fraction of sp³-hybridized carbons (Fsp3) is 0.217. The van der Waals surface area contributed by atoms with E-state index in [4.69, 9.17) is 4.74 Å². The molecule has 0 unspecified atom stereocenters. The molecule has 0 atom stereocenters. The van der Waals surface area contributed by atoms with E-state index in [0.29, 0.717) is 17.8 Å². The van der Waals surface area contributed by atoms with Gasteiger partial charge in [-0.1, -0.05) is 208 Å². The Balaban J connectivity index is 0.952. The molecule has 0 saturated carbocycles. The van der Waals surface area contributed by atoms with E-state index in [9.17, 15) is 0 Å². The summed E-state index contributed by atoms with van der Waals surface area (Å²) < 4.78 is 7.23. The van der Waals surface area contributed by atoms with E-state index in [1.165, 1.54) is 78.1 Å². The first-order valence-electron chi connectivity index (χ1n) is 26.5. The maximum atomic E-state index is 7.23. The lowest BCUT2D eigenvalue weighted by atomic mass is 9.33. The molecule has 0 N–H and O–H groups in total. The number of hydrogen-bond donors (Lipinski definition) is 0. The first kappa shape index (κ1) is 46.5. The lowest BCUT2D eigenvalue weighted by Gasteiger charge is -2.42. The normalized spacial score (nSPS) is 14.8. The minimum Gasteiger partial charge on any atom is -0.458 e. The van der Waals surface area contributed by atoms with Crippen molar-refractivity contribution < 1.29 is 4.74 Å². The lowest BCUT2D eigenvalue weighted by Crippen LogP contribution is -2.57. The van der Waals surface area contributed by atoms with Crippen molar-refractivity contribution >= 4 is 57.2 Å². The molecule has 73 heavy (non-hydrogen) atoms. The highest BCUT2D eigenvalue weighted by molar-refractivity contribution is 6.97. The van der Waals surface area contributed by atoms with Gasteiger partial charge >= 0.3 is 0 Å². The number of anilines is 6. The maximum absolute atomic E-state index is 7.23. The first-order valence-corrected chi connectivity index (χ1v) is 26.5. The monoisotopic (exact) mass is 949 g/mol. The molecule has 12 rings (SSSR count). The van der Waals surface area contributed by atoms with Crippen molar-refractivity contribution in [2.24, 2.45) is 0 Å². The summed E-state index contributed by atoms with van der Waals surface area (Å²) in [6.45, 7) is 23.4. The van der Waals surface area contributed by atoms with Crippen molar-refractivity contribution in [1.82, 2.24) is 0 Å². The van der Waals surface area contributed by atoms with Crippen LogP contribution in [0.15, 0.2) is 194 Å². The summed E-state index contributed by atoms with van der Waals surface area (Å²) in [4.78, 5) is 4.86. The van der Waals surface area contributed by atoms with Gasteiger partial charge in [0.1, 0.15) is 11.5 Å². The summed E-state index contributed by atoms with van der Waals surface area (Å²) in [6.07, 6.45) is 0. The number of hydrogen-bond acceptors (Lipinski definition) is 3. The average molecular weight is 949 g/mol. The molecule has 0 amide bonds. The predicted molar refractivity (Wildman–Crippen MR) is 311 cm³/mol. The van der Waals surface area contributed by atoms with Crippen LogP contribution in [0.4, 0.5) is 34.1 Å². The Morgan fingerprint density at radius 1 is 0.370 bits per heavy atom. The lowest BCUT2D eigenvalue weighted by molar-refractivity contribution is 0.488. The third-order valence-corrected chi connectivity index (χ3v) is 16.5. The largest absolute Gasteiger partial charge is 0.458 e. The highest BCUT2D eigenvalue weighted by Crippen LogP contribution is 2.53. The number of ether oxygens (including phenoxy) is 1. The minimum absolute atomic E-state index is 0.00501. The van der Waals surface area contributed by atoms with E-state index >= 15 is 0 Å². The maximum Gasteiger partial charge on any atom is 0.251 e. The second kappa shape index (κ2) is 17.6. The molecule has 0 aromatic heterocycles. The van der Waals surface area contributed by atoms with Gasteiger partial charge < -0.3 is 14.5 Å². The Morgan fingerprint density at radius 3 is 1.03 bits per heavy atom. The first-order chi connectivity index (χ1) is 35.2. The van der Waals surface area contributed by atoms with E-state index in [2.05, 4.69) is 273 Å². The van der Waals surface area contributed by atoms with Gasteiger partial charge in [0.05, 0.1) is 22.7 Å². The second-order valence-corrected chi connectivity index (χ2v) is 22.7. The molecular formula is C69H65BN2O. The number of benzene rings is 9. The summed E-state index contributed by atoms with van der Waals surface area (Å²) in [5.74, 6) is 2.93. The number of nitrogens with zero attached hydrogens (tertiary/aromatic N) is 2. The summed E-state index contributed by atoms with van der Waals surface area (Å²) >= 11 is 0. The molecule has 0 saturated heterocycles. The molecule has 0 spiro atoms. The van der Waals surface area contributed by atoms with Crippen LogP contribution in [0.2, 0.25) is 0 Å². The fourth-order valence-corrected chi connectivity index (χ4v) is 12.5. The van der Waals surface area contributed by atoms with Crippen LogP contribution >= 0.6 is 0 Å². The van der Waals surface area contributed by atoms with E-state index in [1.807, 2.05) is 0 Å². The predicted octanol–water partition coefficient (Wildman–Crippen LogP) is 17.2. The molecule has 9 aromatic carbocycles. The Labute approximate surface area is 434 Å². The molecule has 0 radical (unpaired) electrons. The quantitative estimate of drug-likeness (QED) is 0.141. The molecule has 0 fully saturated rings. The van der Waals surface area contributed by atoms with Gasteiger partial charge in [-0.05, 0) is 151 Å². The van der Waals surface area contributed by atoms with E-state index in [-0.39, 0.29) is 17.5 Å². The van der Waals surface area contributed by atoms with Crippen molar-refractivity contribution in [2.75, 3.05) is 9.80 Å². The molecule has 3 aliphatic heterocycles. The standard InChI is InChI=1S/C69H65BN2O/c1-43(2)50-39-53(44(3)4)67(54(40-50)45(5)6)70-59-37-31-48(46-27-33-51(34-28-46)71-61-23-15-11-19-55(61)68(7,8)56-20-12-16-24-62(56)71)41-65(59)73-66-42-49(32-38-60(66)70)47-29-35-52(36-30-47)72-63-25-17-13-21-57(63)69(9,10)58-22-14-18-26-64(58)72/h11-45H,1-10H3. The fourth-order valence-electron chi connectivity index (χ4n) is 12.5. The van der Waals surface area contributed by atoms with Gasteiger partial charge in [-0.2, -0.15) is 0 Å². The second-order valence-electron chi connectivity index (χ2n) is 22.7. The number of para-hydroxylation sites is 4. The molecular weight excluding hydrogens is 884 g/mol. The Kier molecular flexibility index (Phi) is 11.2. The zero-order chi connectivity index (χ0) is 50.5. The van der Waals surface area contributed by atoms with Crippen LogP contribution in [0.25, 0.3) is 22.3 Å². The molecule has 4 heteroatoms. The molecule has 360 valence electrons. The van der Waals surface area contributed by atoms with Crippen molar-refractivity contribution in [2.45, 2.75) is 97.8 Å². The molecule has 3 aliphatic rings. The van der Waals surface area contributed by atoms with Gasteiger partial charge in [0.15, 0.2) is 0 Å². The molecule has 3 heterocycles. The van der Waals surface area contributed by atoms with Crippen molar-refractivity contribution in [1.29, 1.82) is 0 Å². The van der Waals surface area contributed by atoms with Crippen LogP contribution in [-0.2, 0) is 10.8 Å². The topological polar surface area (TPSA) is 15.7 Å². The van der Waals surface area contributed by atoms with Gasteiger partial charge in [0.25, 0.3) is 6.71 Å². The molecule has 3 nitrogen and oxygen atoms in total. The highest BCUT2D eigenvalue weighted by atomic mass is 16.5. The highest BCUT2D eigenvalue weighted by Gasteiger charge is 2.40. The van der Waals surface area contributed by atoms with Crippen molar-refractivity contribution in [3.63, 3.8) is 0 Å². The van der Waals surface area contributed by atoms with Gasteiger partial charge in [0.2, 0.25) is 0 Å². The van der Waals surface area contributed by atoms with Crippen LogP contribution in [0, 0.1) is 0 Å². The molecule has 0 bridgehead atoms. The van der Waals surface area contributed by atoms with Gasteiger partial charge in [-0.15, -0.1) is 0 Å². The van der Waals surface area contributed by atoms with Gasteiger partial charge in [-0.3, -0.25) is 0 Å². The number of rotatable bonds is 8. The molecule has 9 aromatic rings. The van der Waals surface area contributed by atoms with E-state index in [1.54, 1.807) is 0 Å². The minimum atomic E-state index is -0.108. The summed E-state index contributed by atoms with van der Waals surface area (Å²) in [5, 5.41) is 0. The Hall–Kier alpha value is -7.56. The zero-order valence-electron chi connectivity index (χ0n) is 44.1. The van der Waals surface area contributed by atoms with Crippen molar-refractivity contribution in [3.8, 4) is 33.8 Å². The van der Waals surface area contributed by atoms with Crippen LogP contribution in [0.3, 0.4) is 0 Å². The Morgan fingerprint density at radius 2 is 0.699 bits per heavy atom. The summed E-state index contributed by atoms with van der Waals surface area (Å²) in [6, 6.07) is 72.6. The summed E-state index contributed by atoms with van der Waals surface area (Å²) in [5.41, 5.74) is 25.0. The zero-order valence-corrected chi connectivity index (χ0v) is 44.1. The van der Waals surface area contributed by atoms with Crippen molar-refractivity contribution in [3.05, 3.63) is 233 Å². The van der Waals surface area contributed by atoms with E-state index in [0.717, 1.165) is 45.1 Å². The van der Waals surface area contributed by atoms with Gasteiger partial charge in [-0.25, -0.2) is 0 Å². The smallest absolute Gasteiger partial charge is 0.251 e. The molecule has 0 aliphatic carbocycles. The third-order valence-electron chi connectivity index (χ3n) is 16.5. The summed E-state index contributed by atoms with van der Waals surface area (Å²) in [7, 11) is 0. The average Bonchev–Trinajstić information content (AvgIpc) is 3.40. The van der Waals surface area contributed by atoms with Crippen LogP contribution < -0.4 is 30.9 Å². The SMILES string of the molecule is CC(C)c1cc(C(C)C)c(B2c3ccc(-c4ccc(N5c6ccccc6C(C)(C)c6ccccc65)cc4)cc3Oc3cc(-c4ccc(N5c6ccccc6C(C)(C)c6ccccc65)cc4)ccc32)c(C(C)C)c1. The third kappa shape index (κ3) is 7.55. The Bertz CT molecular complexity index is 3270.